The fourth-order valence-electron chi connectivity index (χ4n) is 4.38. The summed E-state index contributed by atoms with van der Waals surface area (Å²) in [6.45, 7) is 6.04. The molecule has 1 atom stereocenters. The summed E-state index contributed by atoms with van der Waals surface area (Å²) in [6, 6.07) is 8.09. The SMILES string of the molecule is CC1CCc2c(sc3nc(Cl)nc(N4CCN(c5cccc(Cl)c5)CC4)c23)C1. The maximum atomic E-state index is 6.31. The van der Waals surface area contributed by atoms with Crippen LogP contribution in [0, 0.1) is 5.92 Å². The normalized spacial score (nSPS) is 19.9. The summed E-state index contributed by atoms with van der Waals surface area (Å²) in [7, 11) is 0. The lowest BCUT2D eigenvalue weighted by Gasteiger charge is -2.37. The molecule has 1 fully saturated rings. The average Bonchev–Trinajstić information content (AvgIpc) is 3.04. The molecule has 3 aromatic rings. The van der Waals surface area contributed by atoms with Crippen molar-refractivity contribution in [3.63, 3.8) is 0 Å². The number of rotatable bonds is 2. The van der Waals surface area contributed by atoms with Crippen LogP contribution in [-0.2, 0) is 12.8 Å². The van der Waals surface area contributed by atoms with Gasteiger partial charge in [0.15, 0.2) is 0 Å². The van der Waals surface area contributed by atoms with Crippen LogP contribution in [-0.4, -0.2) is 36.1 Å². The molecule has 1 saturated heterocycles. The summed E-state index contributed by atoms with van der Waals surface area (Å²) in [5, 5.41) is 2.38. The topological polar surface area (TPSA) is 32.3 Å². The van der Waals surface area contributed by atoms with E-state index in [1.54, 1.807) is 0 Å². The molecular formula is C21H22Cl2N4S. The van der Waals surface area contributed by atoms with Gasteiger partial charge in [-0.05, 0) is 60.5 Å². The molecule has 1 aromatic carbocycles. The maximum absolute atomic E-state index is 6.31. The first-order chi connectivity index (χ1) is 13.6. The molecule has 0 radical (unpaired) electrons. The van der Waals surface area contributed by atoms with Crippen molar-refractivity contribution >= 4 is 56.3 Å². The molecule has 2 aliphatic rings. The predicted molar refractivity (Wildman–Crippen MR) is 119 cm³/mol. The van der Waals surface area contributed by atoms with Crippen LogP contribution in [0.4, 0.5) is 11.5 Å². The van der Waals surface area contributed by atoms with Gasteiger partial charge in [0.05, 0.1) is 5.39 Å². The number of halogens is 2. The lowest BCUT2D eigenvalue weighted by Crippen LogP contribution is -2.47. The highest BCUT2D eigenvalue weighted by Gasteiger charge is 2.27. The van der Waals surface area contributed by atoms with Gasteiger partial charge in [-0.1, -0.05) is 24.6 Å². The molecule has 0 N–H and O–H groups in total. The number of thiophene rings is 1. The number of nitrogens with zero attached hydrogens (tertiary/aromatic N) is 4. The third-order valence-electron chi connectivity index (χ3n) is 5.86. The molecule has 5 rings (SSSR count). The van der Waals surface area contributed by atoms with Crippen molar-refractivity contribution in [2.24, 2.45) is 5.92 Å². The number of piperazine rings is 1. The van der Waals surface area contributed by atoms with Crippen LogP contribution in [0.2, 0.25) is 10.3 Å². The summed E-state index contributed by atoms with van der Waals surface area (Å²) < 4.78 is 0. The van der Waals surface area contributed by atoms with Gasteiger partial charge in [0.1, 0.15) is 10.6 Å². The van der Waals surface area contributed by atoms with E-state index in [4.69, 9.17) is 23.2 Å². The average molecular weight is 433 g/mol. The number of hydrogen-bond acceptors (Lipinski definition) is 5. The van der Waals surface area contributed by atoms with Crippen molar-refractivity contribution < 1.29 is 0 Å². The summed E-state index contributed by atoms with van der Waals surface area (Å²) in [5.74, 6) is 1.77. The van der Waals surface area contributed by atoms with Crippen LogP contribution in [0.25, 0.3) is 10.2 Å². The second kappa shape index (κ2) is 7.36. The van der Waals surface area contributed by atoms with E-state index in [2.05, 4.69) is 32.8 Å². The summed E-state index contributed by atoms with van der Waals surface area (Å²) in [4.78, 5) is 16.5. The van der Waals surface area contributed by atoms with Crippen molar-refractivity contribution in [2.75, 3.05) is 36.0 Å². The molecule has 0 amide bonds. The van der Waals surface area contributed by atoms with Crippen molar-refractivity contribution in [1.29, 1.82) is 0 Å². The van der Waals surface area contributed by atoms with E-state index in [9.17, 15) is 0 Å². The van der Waals surface area contributed by atoms with Crippen LogP contribution in [0.1, 0.15) is 23.8 Å². The predicted octanol–water partition coefficient (Wildman–Crippen LogP) is 5.45. The fraction of sp³-hybridized carbons (Fsp3) is 0.429. The molecule has 0 spiro atoms. The van der Waals surface area contributed by atoms with E-state index >= 15 is 0 Å². The molecule has 1 aliphatic carbocycles. The zero-order valence-electron chi connectivity index (χ0n) is 15.8. The largest absolute Gasteiger partial charge is 0.368 e. The van der Waals surface area contributed by atoms with Crippen LogP contribution in [0.5, 0.6) is 0 Å². The Bertz CT molecular complexity index is 1030. The number of anilines is 2. The zero-order chi connectivity index (χ0) is 19.3. The molecule has 3 heterocycles. The Kier molecular flexibility index (Phi) is 4.85. The van der Waals surface area contributed by atoms with Gasteiger partial charge in [-0.3, -0.25) is 0 Å². The fourth-order valence-corrected chi connectivity index (χ4v) is 6.15. The van der Waals surface area contributed by atoms with E-state index in [0.29, 0.717) is 5.28 Å². The number of fused-ring (bicyclic) bond motifs is 3. The second-order valence-electron chi connectivity index (χ2n) is 7.80. The van der Waals surface area contributed by atoms with Gasteiger partial charge < -0.3 is 9.80 Å². The van der Waals surface area contributed by atoms with E-state index in [-0.39, 0.29) is 0 Å². The molecule has 0 bridgehead atoms. The quantitative estimate of drug-likeness (QED) is 0.503. The standard InChI is InChI=1S/C21H22Cl2N4S/c1-13-5-6-16-17(11-13)28-20-18(16)19(24-21(23)25-20)27-9-7-26(8-10-27)15-4-2-3-14(22)12-15/h2-4,12-13H,5-11H2,1H3. The van der Waals surface area contributed by atoms with Crippen molar-refractivity contribution in [2.45, 2.75) is 26.2 Å². The van der Waals surface area contributed by atoms with Crippen LogP contribution in [0.3, 0.4) is 0 Å². The highest BCUT2D eigenvalue weighted by atomic mass is 35.5. The third kappa shape index (κ3) is 3.34. The molecular weight excluding hydrogens is 411 g/mol. The highest BCUT2D eigenvalue weighted by molar-refractivity contribution is 7.19. The monoisotopic (exact) mass is 432 g/mol. The molecule has 0 saturated carbocycles. The molecule has 7 heteroatoms. The minimum Gasteiger partial charge on any atom is -0.368 e. The molecule has 28 heavy (non-hydrogen) atoms. The first-order valence-corrected chi connectivity index (χ1v) is 11.4. The van der Waals surface area contributed by atoms with Crippen LogP contribution >= 0.6 is 34.5 Å². The first kappa shape index (κ1) is 18.5. The van der Waals surface area contributed by atoms with Gasteiger partial charge in [-0.2, -0.15) is 4.98 Å². The molecule has 4 nitrogen and oxygen atoms in total. The van der Waals surface area contributed by atoms with Gasteiger partial charge in [-0.25, -0.2) is 4.98 Å². The van der Waals surface area contributed by atoms with E-state index < -0.39 is 0 Å². The Morgan fingerprint density at radius 3 is 2.64 bits per heavy atom. The Labute approximate surface area is 179 Å². The summed E-state index contributed by atoms with van der Waals surface area (Å²) in [5.41, 5.74) is 2.64. The Morgan fingerprint density at radius 1 is 1.07 bits per heavy atom. The number of benzene rings is 1. The van der Waals surface area contributed by atoms with Crippen LogP contribution < -0.4 is 9.80 Å². The summed E-state index contributed by atoms with van der Waals surface area (Å²) in [6.07, 6.45) is 3.51. The maximum Gasteiger partial charge on any atom is 0.225 e. The summed E-state index contributed by atoms with van der Waals surface area (Å²) >= 11 is 14.3. The minimum atomic E-state index is 0.353. The molecule has 146 valence electrons. The van der Waals surface area contributed by atoms with Gasteiger partial charge in [0.25, 0.3) is 0 Å². The zero-order valence-corrected chi connectivity index (χ0v) is 18.1. The van der Waals surface area contributed by atoms with Crippen molar-refractivity contribution in [1.82, 2.24) is 9.97 Å². The lowest BCUT2D eigenvalue weighted by molar-refractivity contribution is 0.509. The van der Waals surface area contributed by atoms with Gasteiger partial charge >= 0.3 is 0 Å². The van der Waals surface area contributed by atoms with Gasteiger partial charge in [-0.15, -0.1) is 11.3 Å². The van der Waals surface area contributed by atoms with Crippen molar-refractivity contribution in [3.05, 3.63) is 45.0 Å². The first-order valence-electron chi connectivity index (χ1n) is 9.82. The van der Waals surface area contributed by atoms with Crippen LogP contribution in [0.15, 0.2) is 24.3 Å². The highest BCUT2D eigenvalue weighted by Crippen LogP contribution is 2.41. The molecule has 1 aliphatic heterocycles. The molecule has 2 aromatic heterocycles. The smallest absolute Gasteiger partial charge is 0.225 e. The number of hydrogen-bond donors (Lipinski definition) is 0. The number of aryl methyl sites for hydroxylation is 1. The minimum absolute atomic E-state index is 0.353. The Hall–Kier alpha value is -1.56. The van der Waals surface area contributed by atoms with E-state index in [1.807, 2.05) is 29.5 Å². The van der Waals surface area contributed by atoms with Gasteiger partial charge in [0.2, 0.25) is 5.28 Å². The number of aromatic nitrogens is 2. The molecule has 1 unspecified atom stereocenters. The van der Waals surface area contributed by atoms with E-state index in [0.717, 1.165) is 60.6 Å². The van der Waals surface area contributed by atoms with Gasteiger partial charge in [0, 0.05) is 41.8 Å². The Balaban J connectivity index is 1.45. The van der Waals surface area contributed by atoms with E-state index in [1.165, 1.54) is 27.9 Å². The van der Waals surface area contributed by atoms with Crippen molar-refractivity contribution in [3.8, 4) is 0 Å². The lowest BCUT2D eigenvalue weighted by atomic mass is 9.89. The third-order valence-corrected chi connectivity index (χ3v) is 7.41. The Morgan fingerprint density at radius 2 is 1.86 bits per heavy atom. The second-order valence-corrected chi connectivity index (χ2v) is 9.66.